The highest BCUT2D eigenvalue weighted by Crippen LogP contribution is 2.27. The molecular formula is C24H30BrNO3. The van der Waals surface area contributed by atoms with Crippen molar-refractivity contribution in [2.24, 2.45) is 0 Å². The second kappa shape index (κ2) is 12.5. The van der Waals surface area contributed by atoms with Crippen LogP contribution in [0, 0.1) is 0 Å². The Labute approximate surface area is 182 Å². The van der Waals surface area contributed by atoms with Crippen molar-refractivity contribution in [1.82, 2.24) is 4.90 Å². The molecule has 4 nitrogen and oxygen atoms in total. The second-order valence-electron chi connectivity index (χ2n) is 7.01. The summed E-state index contributed by atoms with van der Waals surface area (Å²) in [6.45, 7) is 6.45. The molecule has 2 aromatic carbocycles. The molecule has 5 heteroatoms. The van der Waals surface area contributed by atoms with Crippen molar-refractivity contribution >= 4 is 21.7 Å². The minimum absolute atomic E-state index is 0.0673. The number of carbonyl (C=O) groups is 1. The molecule has 156 valence electrons. The van der Waals surface area contributed by atoms with Crippen molar-refractivity contribution < 1.29 is 14.3 Å². The van der Waals surface area contributed by atoms with Crippen LogP contribution in [0.15, 0.2) is 59.6 Å². The number of likely N-dealkylation sites (N-methyl/N-ethyl adjacent to an activating group) is 1. The summed E-state index contributed by atoms with van der Waals surface area (Å²) in [5.74, 6) is 1.18. The molecule has 0 atom stereocenters. The Hall–Kier alpha value is -2.11. The van der Waals surface area contributed by atoms with E-state index in [1.165, 1.54) is 12.8 Å². The highest BCUT2D eigenvalue weighted by molar-refractivity contribution is 9.10. The van der Waals surface area contributed by atoms with Crippen LogP contribution in [0.2, 0.25) is 0 Å². The first-order chi connectivity index (χ1) is 14.0. The van der Waals surface area contributed by atoms with Gasteiger partial charge in [-0.05, 0) is 62.8 Å². The first-order valence-electron chi connectivity index (χ1n) is 9.95. The number of hydrogen-bond donors (Lipinski definition) is 0. The van der Waals surface area contributed by atoms with E-state index in [-0.39, 0.29) is 5.78 Å². The van der Waals surface area contributed by atoms with Crippen LogP contribution >= 0.6 is 15.9 Å². The van der Waals surface area contributed by atoms with Gasteiger partial charge < -0.3 is 14.4 Å². The quantitative estimate of drug-likeness (QED) is 0.217. The molecule has 0 aliphatic heterocycles. The SMILES string of the molecule is C=CCN(C)CCCCCCOc1ccc(C(=O)c2ccc(Br)cc2)c(OC)c1. The minimum atomic E-state index is -0.0673. The van der Waals surface area contributed by atoms with Gasteiger partial charge in [0.1, 0.15) is 11.5 Å². The summed E-state index contributed by atoms with van der Waals surface area (Å²) in [6.07, 6.45) is 6.45. The van der Waals surface area contributed by atoms with Gasteiger partial charge in [0.25, 0.3) is 0 Å². The predicted molar refractivity (Wildman–Crippen MR) is 122 cm³/mol. The molecule has 0 amide bonds. The largest absolute Gasteiger partial charge is 0.496 e. The molecule has 0 aliphatic rings. The van der Waals surface area contributed by atoms with Gasteiger partial charge in [0.05, 0.1) is 19.3 Å². The van der Waals surface area contributed by atoms with Gasteiger partial charge in [-0.2, -0.15) is 0 Å². The Morgan fingerprint density at radius 3 is 2.52 bits per heavy atom. The number of methoxy groups -OCH3 is 1. The second-order valence-corrected chi connectivity index (χ2v) is 7.93. The summed E-state index contributed by atoms with van der Waals surface area (Å²) in [7, 11) is 3.68. The maximum Gasteiger partial charge on any atom is 0.196 e. The van der Waals surface area contributed by atoms with E-state index in [9.17, 15) is 4.79 Å². The average molecular weight is 460 g/mol. The van der Waals surface area contributed by atoms with Crippen LogP contribution in [0.3, 0.4) is 0 Å². The van der Waals surface area contributed by atoms with Crippen LogP contribution < -0.4 is 9.47 Å². The summed E-state index contributed by atoms with van der Waals surface area (Å²) in [4.78, 5) is 15.0. The molecular weight excluding hydrogens is 430 g/mol. The fraction of sp³-hybridized carbons (Fsp3) is 0.375. The first-order valence-corrected chi connectivity index (χ1v) is 10.7. The Kier molecular flexibility index (Phi) is 9.95. The molecule has 0 saturated carbocycles. The van der Waals surface area contributed by atoms with Gasteiger partial charge in [-0.15, -0.1) is 6.58 Å². The summed E-state index contributed by atoms with van der Waals surface area (Å²) in [6, 6.07) is 12.7. The molecule has 0 saturated heterocycles. The number of benzene rings is 2. The van der Waals surface area contributed by atoms with Crippen LogP contribution in [-0.2, 0) is 0 Å². The van der Waals surface area contributed by atoms with Crippen LogP contribution in [-0.4, -0.2) is 44.5 Å². The average Bonchev–Trinajstić information content (AvgIpc) is 2.73. The molecule has 0 aromatic heterocycles. The monoisotopic (exact) mass is 459 g/mol. The molecule has 0 radical (unpaired) electrons. The van der Waals surface area contributed by atoms with E-state index in [0.717, 1.165) is 36.2 Å². The molecule has 0 unspecified atom stereocenters. The number of halogens is 1. The lowest BCUT2D eigenvalue weighted by Gasteiger charge is -2.13. The molecule has 29 heavy (non-hydrogen) atoms. The van der Waals surface area contributed by atoms with Gasteiger partial charge in [-0.25, -0.2) is 0 Å². The zero-order valence-corrected chi connectivity index (χ0v) is 18.9. The number of carbonyl (C=O) groups excluding carboxylic acids is 1. The topological polar surface area (TPSA) is 38.8 Å². The highest BCUT2D eigenvalue weighted by Gasteiger charge is 2.15. The molecule has 0 bridgehead atoms. The van der Waals surface area contributed by atoms with E-state index in [2.05, 4.69) is 34.5 Å². The standard InChI is InChI=1S/C24H30BrNO3/c1-4-15-26(2)16-7-5-6-8-17-29-21-13-14-22(23(18-21)28-3)24(27)19-9-11-20(25)12-10-19/h4,9-14,18H,1,5-8,15-17H2,2-3H3. The maximum atomic E-state index is 12.8. The maximum absolute atomic E-state index is 12.8. The lowest BCUT2D eigenvalue weighted by atomic mass is 10.0. The Morgan fingerprint density at radius 2 is 1.83 bits per heavy atom. The summed E-state index contributed by atoms with van der Waals surface area (Å²) in [5.41, 5.74) is 1.16. The number of unbranched alkanes of at least 4 members (excludes halogenated alkanes) is 3. The van der Waals surface area contributed by atoms with Crippen molar-refractivity contribution in [3.05, 3.63) is 70.7 Å². The van der Waals surface area contributed by atoms with E-state index >= 15 is 0 Å². The molecule has 0 heterocycles. The van der Waals surface area contributed by atoms with Gasteiger partial charge in [0.2, 0.25) is 0 Å². The third kappa shape index (κ3) is 7.67. The highest BCUT2D eigenvalue weighted by atomic mass is 79.9. The van der Waals surface area contributed by atoms with Crippen molar-refractivity contribution in [1.29, 1.82) is 0 Å². The zero-order chi connectivity index (χ0) is 21.1. The van der Waals surface area contributed by atoms with Gasteiger partial charge in [0, 0.05) is 22.6 Å². The van der Waals surface area contributed by atoms with Crippen molar-refractivity contribution in [2.75, 3.05) is 33.9 Å². The number of ketones is 1. The molecule has 2 rings (SSSR count). The lowest BCUT2D eigenvalue weighted by Crippen LogP contribution is -2.19. The van der Waals surface area contributed by atoms with E-state index in [1.807, 2.05) is 24.3 Å². The molecule has 0 fully saturated rings. The summed E-state index contributed by atoms with van der Waals surface area (Å²) >= 11 is 3.39. The van der Waals surface area contributed by atoms with Crippen LogP contribution in [0.1, 0.15) is 41.6 Å². The molecule has 0 spiro atoms. The normalized spacial score (nSPS) is 10.8. The van der Waals surface area contributed by atoms with Gasteiger partial charge in [-0.1, -0.05) is 34.8 Å². The molecule has 2 aromatic rings. The van der Waals surface area contributed by atoms with Crippen molar-refractivity contribution in [3.63, 3.8) is 0 Å². The van der Waals surface area contributed by atoms with Crippen LogP contribution in [0.25, 0.3) is 0 Å². The van der Waals surface area contributed by atoms with E-state index in [1.54, 1.807) is 31.4 Å². The van der Waals surface area contributed by atoms with Gasteiger partial charge in [-0.3, -0.25) is 4.79 Å². The fourth-order valence-corrected chi connectivity index (χ4v) is 3.31. The number of hydrogen-bond acceptors (Lipinski definition) is 4. The lowest BCUT2D eigenvalue weighted by molar-refractivity contribution is 0.103. The Bertz CT molecular complexity index is 789. The van der Waals surface area contributed by atoms with Crippen LogP contribution in [0.5, 0.6) is 11.5 Å². The van der Waals surface area contributed by atoms with Gasteiger partial charge in [0.15, 0.2) is 5.78 Å². The third-order valence-corrected chi connectivity index (χ3v) is 5.20. The fourth-order valence-electron chi connectivity index (χ4n) is 3.04. The van der Waals surface area contributed by atoms with Crippen molar-refractivity contribution in [2.45, 2.75) is 25.7 Å². The molecule has 0 aliphatic carbocycles. The minimum Gasteiger partial charge on any atom is -0.496 e. The first kappa shape index (κ1) is 23.2. The zero-order valence-electron chi connectivity index (χ0n) is 17.3. The smallest absolute Gasteiger partial charge is 0.196 e. The van der Waals surface area contributed by atoms with E-state index < -0.39 is 0 Å². The van der Waals surface area contributed by atoms with Gasteiger partial charge >= 0.3 is 0 Å². The summed E-state index contributed by atoms with van der Waals surface area (Å²) < 4.78 is 12.2. The van der Waals surface area contributed by atoms with Crippen LogP contribution in [0.4, 0.5) is 0 Å². The van der Waals surface area contributed by atoms with E-state index in [0.29, 0.717) is 23.5 Å². The summed E-state index contributed by atoms with van der Waals surface area (Å²) in [5, 5.41) is 0. The molecule has 0 N–H and O–H groups in total. The predicted octanol–water partition coefficient (Wildman–Crippen LogP) is 5.75. The number of rotatable bonds is 13. The Balaban J connectivity index is 1.82. The third-order valence-electron chi connectivity index (χ3n) is 4.67. The number of ether oxygens (including phenoxy) is 2. The Morgan fingerprint density at radius 1 is 1.10 bits per heavy atom. The number of nitrogens with zero attached hydrogens (tertiary/aromatic N) is 1. The van der Waals surface area contributed by atoms with Crippen molar-refractivity contribution in [3.8, 4) is 11.5 Å². The van der Waals surface area contributed by atoms with E-state index in [4.69, 9.17) is 9.47 Å².